The molecule has 0 N–H and O–H groups in total. The largest absolute Gasteiger partial charge is 0.453 e. The number of hydrogen-bond acceptors (Lipinski definition) is 8. The van der Waals surface area contributed by atoms with Crippen LogP contribution in [0.25, 0.3) is 33.5 Å². The Morgan fingerprint density at radius 1 is 1.11 bits per heavy atom. The molecule has 0 spiro atoms. The summed E-state index contributed by atoms with van der Waals surface area (Å²) in [5, 5.41) is 16.9. The van der Waals surface area contributed by atoms with Gasteiger partial charge in [-0.05, 0) is 30.3 Å². The summed E-state index contributed by atoms with van der Waals surface area (Å²) < 4.78 is 12.1. The second-order valence-electron chi connectivity index (χ2n) is 7.51. The fraction of sp³-hybridized carbons (Fsp3) is 0.0400. The van der Waals surface area contributed by atoms with Crippen molar-refractivity contribution in [3.05, 3.63) is 98.8 Å². The number of nitro groups is 1. The number of fused-ring (bicyclic) bond motifs is 2. The standard InChI is InChI=1S/C25H16N4O6/c1-15(30)34-23-17(8-6-11-20(23)29(32)33)14-26-28-24(22-13-16-7-2-5-12-21(16)35-22)27-19-10-4-3-9-18(19)25(28)31/h2-14H,1H3. The predicted octanol–water partition coefficient (Wildman–Crippen LogP) is 4.53. The maximum absolute atomic E-state index is 13.4. The zero-order valence-electron chi connectivity index (χ0n) is 18.2. The normalized spacial score (nSPS) is 11.3. The lowest BCUT2D eigenvalue weighted by Crippen LogP contribution is -2.20. The summed E-state index contributed by atoms with van der Waals surface area (Å²) in [6.07, 6.45) is 1.20. The minimum Gasteiger partial charge on any atom is -0.453 e. The van der Waals surface area contributed by atoms with E-state index in [2.05, 4.69) is 10.1 Å². The van der Waals surface area contributed by atoms with Gasteiger partial charge >= 0.3 is 11.7 Å². The summed E-state index contributed by atoms with van der Waals surface area (Å²) >= 11 is 0. The Labute approximate surface area is 196 Å². The van der Waals surface area contributed by atoms with E-state index in [0.717, 1.165) is 17.0 Å². The highest BCUT2D eigenvalue weighted by molar-refractivity contribution is 5.88. The highest BCUT2D eigenvalue weighted by Gasteiger charge is 2.21. The van der Waals surface area contributed by atoms with Gasteiger partial charge in [-0.25, -0.2) is 4.98 Å². The molecular formula is C25H16N4O6. The van der Waals surface area contributed by atoms with Gasteiger partial charge in [0.15, 0.2) is 5.76 Å². The number of nitrogens with zero attached hydrogens (tertiary/aromatic N) is 4. The number of carbonyl (C=O) groups excluding carboxylic acids is 1. The van der Waals surface area contributed by atoms with Gasteiger partial charge < -0.3 is 9.15 Å². The smallest absolute Gasteiger partial charge is 0.312 e. The number of aromatic nitrogens is 2. The molecule has 172 valence electrons. The van der Waals surface area contributed by atoms with E-state index in [1.165, 1.54) is 24.4 Å². The lowest BCUT2D eigenvalue weighted by Gasteiger charge is -2.08. The quantitative estimate of drug-likeness (QED) is 0.122. The van der Waals surface area contributed by atoms with Crippen LogP contribution in [0.15, 0.2) is 87.1 Å². The number of para-hydroxylation sites is 3. The molecule has 0 amide bonds. The molecular weight excluding hydrogens is 452 g/mol. The van der Waals surface area contributed by atoms with Crippen LogP contribution in [-0.4, -0.2) is 26.8 Å². The molecule has 0 aliphatic heterocycles. The van der Waals surface area contributed by atoms with Crippen molar-refractivity contribution < 1.29 is 18.9 Å². The molecule has 10 heteroatoms. The molecule has 10 nitrogen and oxygen atoms in total. The Kier molecular flexibility index (Phi) is 5.38. The molecule has 5 rings (SSSR count). The summed E-state index contributed by atoms with van der Waals surface area (Å²) in [7, 11) is 0. The highest BCUT2D eigenvalue weighted by atomic mass is 16.6. The van der Waals surface area contributed by atoms with Crippen molar-refractivity contribution in [2.45, 2.75) is 6.92 Å². The summed E-state index contributed by atoms with van der Waals surface area (Å²) in [4.78, 5) is 40.3. The fourth-order valence-corrected chi connectivity index (χ4v) is 3.64. The Bertz CT molecular complexity index is 1680. The van der Waals surface area contributed by atoms with Gasteiger partial charge in [0.05, 0.1) is 22.0 Å². The van der Waals surface area contributed by atoms with E-state index in [4.69, 9.17) is 9.15 Å². The molecule has 0 aliphatic rings. The average molecular weight is 468 g/mol. The van der Waals surface area contributed by atoms with Crippen molar-refractivity contribution >= 4 is 39.7 Å². The maximum Gasteiger partial charge on any atom is 0.312 e. The van der Waals surface area contributed by atoms with Crippen LogP contribution in [0.4, 0.5) is 5.69 Å². The molecule has 0 saturated heterocycles. The summed E-state index contributed by atoms with van der Waals surface area (Å²) in [5.74, 6) is -0.562. The van der Waals surface area contributed by atoms with E-state index in [-0.39, 0.29) is 17.1 Å². The predicted molar refractivity (Wildman–Crippen MR) is 129 cm³/mol. The molecule has 0 aliphatic carbocycles. The van der Waals surface area contributed by atoms with Crippen molar-refractivity contribution in [3.63, 3.8) is 0 Å². The molecule has 0 radical (unpaired) electrons. The fourth-order valence-electron chi connectivity index (χ4n) is 3.64. The molecule has 3 aromatic carbocycles. The molecule has 0 atom stereocenters. The number of carbonyl (C=O) groups is 1. The topological polar surface area (TPSA) is 130 Å². The van der Waals surface area contributed by atoms with Crippen LogP contribution in [0.3, 0.4) is 0 Å². The van der Waals surface area contributed by atoms with Crippen molar-refractivity contribution in [2.75, 3.05) is 0 Å². The Morgan fingerprint density at radius 3 is 2.66 bits per heavy atom. The summed E-state index contributed by atoms with van der Waals surface area (Å²) in [5.41, 5.74) is 0.309. The Balaban J connectivity index is 1.73. The third kappa shape index (κ3) is 4.04. The zero-order valence-corrected chi connectivity index (χ0v) is 18.2. The van der Waals surface area contributed by atoms with Crippen LogP contribution in [0.1, 0.15) is 12.5 Å². The number of hydrogen-bond donors (Lipinski definition) is 0. The van der Waals surface area contributed by atoms with E-state index in [1.54, 1.807) is 36.4 Å². The van der Waals surface area contributed by atoms with Gasteiger partial charge in [0.1, 0.15) is 5.58 Å². The minimum atomic E-state index is -0.735. The van der Waals surface area contributed by atoms with Crippen LogP contribution in [0.5, 0.6) is 5.75 Å². The zero-order chi connectivity index (χ0) is 24.5. The number of nitro benzene ring substituents is 1. The minimum absolute atomic E-state index is 0.130. The molecule has 2 aromatic heterocycles. The van der Waals surface area contributed by atoms with Crippen LogP contribution in [0.2, 0.25) is 0 Å². The van der Waals surface area contributed by atoms with Gasteiger partial charge in [0.25, 0.3) is 5.56 Å². The lowest BCUT2D eigenvalue weighted by molar-refractivity contribution is -0.385. The molecule has 0 fully saturated rings. The molecule has 0 saturated carbocycles. The number of furan rings is 1. The third-order valence-electron chi connectivity index (χ3n) is 5.18. The van der Waals surface area contributed by atoms with E-state index < -0.39 is 22.1 Å². The Hall–Kier alpha value is -5.12. The first kappa shape index (κ1) is 21.7. The van der Waals surface area contributed by atoms with Gasteiger partial charge in [-0.15, -0.1) is 0 Å². The summed E-state index contributed by atoms with van der Waals surface area (Å²) in [6.45, 7) is 1.13. The number of esters is 1. The van der Waals surface area contributed by atoms with Gasteiger partial charge in [0.2, 0.25) is 11.6 Å². The maximum atomic E-state index is 13.4. The average Bonchev–Trinajstić information content (AvgIpc) is 3.28. The summed E-state index contributed by atoms with van der Waals surface area (Å²) in [6, 6.07) is 20.0. The third-order valence-corrected chi connectivity index (χ3v) is 5.18. The van der Waals surface area contributed by atoms with Crippen molar-refractivity contribution in [2.24, 2.45) is 5.10 Å². The van der Waals surface area contributed by atoms with E-state index in [0.29, 0.717) is 22.2 Å². The van der Waals surface area contributed by atoms with Crippen molar-refractivity contribution in [1.29, 1.82) is 0 Å². The molecule has 0 unspecified atom stereocenters. The lowest BCUT2D eigenvalue weighted by atomic mass is 10.2. The number of benzene rings is 3. The first-order valence-electron chi connectivity index (χ1n) is 10.4. The Morgan fingerprint density at radius 2 is 1.89 bits per heavy atom. The monoisotopic (exact) mass is 468 g/mol. The van der Waals surface area contributed by atoms with Crippen LogP contribution in [-0.2, 0) is 4.79 Å². The highest BCUT2D eigenvalue weighted by Crippen LogP contribution is 2.31. The first-order chi connectivity index (χ1) is 16.9. The van der Waals surface area contributed by atoms with Gasteiger partial charge in [-0.3, -0.25) is 19.7 Å². The number of ether oxygens (including phenoxy) is 1. The van der Waals surface area contributed by atoms with Crippen LogP contribution in [0, 0.1) is 10.1 Å². The van der Waals surface area contributed by atoms with Gasteiger partial charge in [-0.1, -0.05) is 36.4 Å². The van der Waals surface area contributed by atoms with E-state index in [9.17, 15) is 19.7 Å². The number of rotatable bonds is 5. The van der Waals surface area contributed by atoms with Crippen LogP contribution < -0.4 is 10.3 Å². The van der Waals surface area contributed by atoms with Gasteiger partial charge in [0, 0.05) is 23.9 Å². The molecule has 0 bridgehead atoms. The second kappa shape index (κ2) is 8.67. The van der Waals surface area contributed by atoms with E-state index in [1.807, 2.05) is 18.2 Å². The van der Waals surface area contributed by atoms with Crippen LogP contribution >= 0.6 is 0 Å². The van der Waals surface area contributed by atoms with Crippen molar-refractivity contribution in [1.82, 2.24) is 9.66 Å². The van der Waals surface area contributed by atoms with Gasteiger partial charge in [-0.2, -0.15) is 9.78 Å². The molecule has 35 heavy (non-hydrogen) atoms. The molecule has 5 aromatic rings. The molecule has 2 heterocycles. The first-order valence-corrected chi connectivity index (χ1v) is 10.4. The van der Waals surface area contributed by atoms with E-state index >= 15 is 0 Å². The van der Waals surface area contributed by atoms with Crippen molar-refractivity contribution in [3.8, 4) is 17.3 Å². The SMILES string of the molecule is CC(=O)Oc1c(C=Nn2c(-c3cc4ccccc4o3)nc3ccccc3c2=O)cccc1[N+](=O)[O-]. The second-order valence-corrected chi connectivity index (χ2v) is 7.51.